The summed E-state index contributed by atoms with van der Waals surface area (Å²) in [6.07, 6.45) is -1.21. The quantitative estimate of drug-likeness (QED) is 0.840. The fourth-order valence-corrected chi connectivity index (χ4v) is 1.80. The second-order valence-corrected chi connectivity index (χ2v) is 4.64. The van der Waals surface area contributed by atoms with Crippen molar-refractivity contribution < 1.29 is 22.4 Å². The topological polar surface area (TPSA) is 59.5 Å². The molecule has 20 heavy (non-hydrogen) atoms. The van der Waals surface area contributed by atoms with E-state index in [1.807, 2.05) is 6.92 Å². The summed E-state index contributed by atoms with van der Waals surface area (Å²) in [6.45, 7) is 0.366. The molecule has 0 saturated carbocycles. The highest BCUT2D eigenvalue weighted by molar-refractivity contribution is 5.81. The molecule has 0 aliphatic carbocycles. The zero-order valence-corrected chi connectivity index (χ0v) is 11.3. The molecule has 0 aliphatic heterocycles. The standard InChI is InChI=1S/C13H19F3N2O2/c1-2-3-6-11(17)12(19)18(9-13(14,15)16)8-10-5-4-7-20-10/h4-5,7,11H,2-3,6,8-9,17H2,1H3/t11-/m0/s1. The average Bonchev–Trinajstić information content (AvgIpc) is 2.85. The molecule has 1 aromatic heterocycles. The third-order valence-electron chi connectivity index (χ3n) is 2.79. The van der Waals surface area contributed by atoms with E-state index >= 15 is 0 Å². The summed E-state index contributed by atoms with van der Waals surface area (Å²) in [7, 11) is 0. The van der Waals surface area contributed by atoms with Gasteiger partial charge in [-0.2, -0.15) is 13.2 Å². The van der Waals surface area contributed by atoms with Crippen molar-refractivity contribution >= 4 is 5.91 Å². The Labute approximate surface area is 115 Å². The van der Waals surface area contributed by atoms with Crippen LogP contribution in [-0.4, -0.2) is 29.6 Å². The van der Waals surface area contributed by atoms with Crippen molar-refractivity contribution in [1.29, 1.82) is 0 Å². The predicted octanol–water partition coefficient (Wildman–Crippen LogP) is 2.69. The van der Waals surface area contributed by atoms with Crippen LogP contribution >= 0.6 is 0 Å². The molecule has 1 atom stereocenters. The van der Waals surface area contributed by atoms with Gasteiger partial charge >= 0.3 is 6.18 Å². The Hall–Kier alpha value is -1.50. The molecule has 0 bridgehead atoms. The Kier molecular flexibility index (Phi) is 6.06. The van der Waals surface area contributed by atoms with Crippen LogP contribution in [0.1, 0.15) is 31.9 Å². The minimum atomic E-state index is -4.47. The molecular weight excluding hydrogens is 273 g/mol. The van der Waals surface area contributed by atoms with Crippen LogP contribution in [0.3, 0.4) is 0 Å². The third kappa shape index (κ3) is 5.64. The van der Waals surface area contributed by atoms with Gasteiger partial charge in [-0.1, -0.05) is 19.8 Å². The van der Waals surface area contributed by atoms with Gasteiger partial charge in [-0.15, -0.1) is 0 Å². The zero-order valence-electron chi connectivity index (χ0n) is 11.3. The molecule has 1 heterocycles. The molecule has 0 unspecified atom stereocenters. The number of unbranched alkanes of at least 4 members (excludes halogenated alkanes) is 1. The molecule has 7 heteroatoms. The van der Waals surface area contributed by atoms with Crippen molar-refractivity contribution in [2.75, 3.05) is 6.54 Å². The van der Waals surface area contributed by atoms with Gasteiger partial charge in [0.1, 0.15) is 12.3 Å². The van der Waals surface area contributed by atoms with E-state index in [1.54, 1.807) is 6.07 Å². The molecule has 0 aliphatic rings. The number of carbonyl (C=O) groups is 1. The number of hydrogen-bond donors (Lipinski definition) is 1. The molecule has 1 aromatic rings. The van der Waals surface area contributed by atoms with E-state index in [0.29, 0.717) is 23.5 Å². The number of hydrogen-bond acceptors (Lipinski definition) is 3. The van der Waals surface area contributed by atoms with E-state index < -0.39 is 24.7 Å². The van der Waals surface area contributed by atoms with Gasteiger partial charge in [0.05, 0.1) is 18.8 Å². The number of alkyl halides is 3. The van der Waals surface area contributed by atoms with Crippen molar-refractivity contribution in [3.63, 3.8) is 0 Å². The summed E-state index contributed by atoms with van der Waals surface area (Å²) >= 11 is 0. The Balaban J connectivity index is 2.73. The Bertz CT molecular complexity index is 404. The van der Waals surface area contributed by atoms with Crippen molar-refractivity contribution in [2.24, 2.45) is 5.73 Å². The van der Waals surface area contributed by atoms with Gasteiger partial charge in [0.25, 0.3) is 0 Å². The molecule has 0 fully saturated rings. The number of amides is 1. The molecule has 1 rings (SSSR count). The summed E-state index contributed by atoms with van der Waals surface area (Å²) in [5.41, 5.74) is 5.66. The molecule has 1 amide bonds. The number of carbonyl (C=O) groups excluding carboxylic acids is 1. The first kappa shape index (κ1) is 16.6. The SMILES string of the molecule is CCCC[C@H](N)C(=O)N(Cc1ccco1)CC(F)(F)F. The van der Waals surface area contributed by atoms with Crippen molar-refractivity contribution in [1.82, 2.24) is 4.90 Å². The van der Waals surface area contributed by atoms with Crippen LogP contribution in [0, 0.1) is 0 Å². The fourth-order valence-electron chi connectivity index (χ4n) is 1.80. The molecule has 0 spiro atoms. The van der Waals surface area contributed by atoms with Crippen LogP contribution in [0.2, 0.25) is 0 Å². The van der Waals surface area contributed by atoms with Crippen molar-refractivity contribution in [3.8, 4) is 0 Å². The Morgan fingerprint density at radius 2 is 2.20 bits per heavy atom. The first-order valence-corrected chi connectivity index (χ1v) is 6.47. The van der Waals surface area contributed by atoms with E-state index in [4.69, 9.17) is 10.2 Å². The van der Waals surface area contributed by atoms with Crippen LogP contribution in [0.5, 0.6) is 0 Å². The highest BCUT2D eigenvalue weighted by Crippen LogP contribution is 2.19. The fraction of sp³-hybridized carbons (Fsp3) is 0.615. The smallest absolute Gasteiger partial charge is 0.406 e. The lowest BCUT2D eigenvalue weighted by Gasteiger charge is -2.25. The largest absolute Gasteiger partial charge is 0.467 e. The summed E-state index contributed by atoms with van der Waals surface area (Å²) in [5, 5.41) is 0. The van der Waals surface area contributed by atoms with Gasteiger partial charge in [0.2, 0.25) is 5.91 Å². The molecule has 0 saturated heterocycles. The van der Waals surface area contributed by atoms with Crippen LogP contribution in [0.15, 0.2) is 22.8 Å². The molecule has 4 nitrogen and oxygen atoms in total. The molecular formula is C13H19F3N2O2. The van der Waals surface area contributed by atoms with Gasteiger partial charge in [-0.25, -0.2) is 0 Å². The zero-order chi connectivity index (χ0) is 15.2. The molecule has 2 N–H and O–H groups in total. The number of nitrogens with zero attached hydrogens (tertiary/aromatic N) is 1. The highest BCUT2D eigenvalue weighted by Gasteiger charge is 2.34. The summed E-state index contributed by atoms with van der Waals surface area (Å²) in [5.74, 6) is -0.405. The summed E-state index contributed by atoms with van der Waals surface area (Å²) in [6, 6.07) is 2.17. The van der Waals surface area contributed by atoms with Crippen LogP contribution in [-0.2, 0) is 11.3 Å². The lowest BCUT2D eigenvalue weighted by Crippen LogP contribution is -2.47. The van der Waals surface area contributed by atoms with E-state index in [1.165, 1.54) is 12.3 Å². The molecule has 0 aromatic carbocycles. The van der Waals surface area contributed by atoms with Gasteiger partial charge in [0.15, 0.2) is 0 Å². The lowest BCUT2D eigenvalue weighted by atomic mass is 10.1. The van der Waals surface area contributed by atoms with Gasteiger partial charge in [-0.05, 0) is 18.6 Å². The van der Waals surface area contributed by atoms with E-state index in [-0.39, 0.29) is 6.54 Å². The minimum absolute atomic E-state index is 0.231. The van der Waals surface area contributed by atoms with E-state index in [9.17, 15) is 18.0 Å². The maximum absolute atomic E-state index is 12.5. The maximum Gasteiger partial charge on any atom is 0.406 e. The van der Waals surface area contributed by atoms with Crippen LogP contribution in [0.25, 0.3) is 0 Å². The minimum Gasteiger partial charge on any atom is -0.467 e. The number of rotatable bonds is 7. The van der Waals surface area contributed by atoms with Crippen LogP contribution in [0.4, 0.5) is 13.2 Å². The average molecular weight is 292 g/mol. The lowest BCUT2D eigenvalue weighted by molar-refractivity contribution is -0.163. The number of halogens is 3. The Morgan fingerprint density at radius 1 is 1.50 bits per heavy atom. The van der Waals surface area contributed by atoms with E-state index in [2.05, 4.69) is 0 Å². The second-order valence-electron chi connectivity index (χ2n) is 4.64. The monoisotopic (exact) mass is 292 g/mol. The van der Waals surface area contributed by atoms with Gasteiger partial charge in [-0.3, -0.25) is 4.79 Å². The maximum atomic E-state index is 12.5. The first-order valence-electron chi connectivity index (χ1n) is 6.47. The Morgan fingerprint density at radius 3 is 2.70 bits per heavy atom. The number of furan rings is 1. The predicted molar refractivity (Wildman–Crippen MR) is 67.7 cm³/mol. The van der Waals surface area contributed by atoms with E-state index in [0.717, 1.165) is 6.42 Å². The van der Waals surface area contributed by atoms with Gasteiger partial charge in [0, 0.05) is 0 Å². The normalized spacial score (nSPS) is 13.2. The molecule has 0 radical (unpaired) electrons. The van der Waals surface area contributed by atoms with Crippen molar-refractivity contribution in [3.05, 3.63) is 24.2 Å². The molecule has 114 valence electrons. The van der Waals surface area contributed by atoms with Crippen molar-refractivity contribution in [2.45, 2.75) is 44.9 Å². The van der Waals surface area contributed by atoms with Gasteiger partial charge < -0.3 is 15.1 Å². The summed E-state index contributed by atoms with van der Waals surface area (Å²) < 4.78 is 42.6. The van der Waals surface area contributed by atoms with Crippen LogP contribution < -0.4 is 5.73 Å². The second kappa shape index (κ2) is 7.33. The highest BCUT2D eigenvalue weighted by atomic mass is 19.4. The summed E-state index contributed by atoms with van der Waals surface area (Å²) in [4.78, 5) is 12.7. The first-order chi connectivity index (χ1) is 9.33. The number of nitrogens with two attached hydrogens (primary N) is 1. The third-order valence-corrected chi connectivity index (χ3v) is 2.79.